The number of aromatic nitrogens is 5. The number of amides is 1. The lowest BCUT2D eigenvalue weighted by molar-refractivity contribution is 0.102. The molecule has 3 aromatic heterocycles. The second-order valence-corrected chi connectivity index (χ2v) is 8.24. The highest BCUT2D eigenvalue weighted by molar-refractivity contribution is 7.99. The van der Waals surface area contributed by atoms with Gasteiger partial charge in [-0.2, -0.15) is 5.10 Å². The highest BCUT2D eigenvalue weighted by atomic mass is 32.2. The normalized spacial score (nSPS) is 11.4. The molecule has 4 aromatic rings. The number of hydrogen-bond acceptors (Lipinski definition) is 5. The zero-order valence-corrected chi connectivity index (χ0v) is 17.9. The molecule has 0 saturated heterocycles. The maximum absolute atomic E-state index is 13.9. The second kappa shape index (κ2) is 7.91. The minimum atomic E-state index is -0.432. The van der Waals surface area contributed by atoms with Crippen molar-refractivity contribution in [1.82, 2.24) is 24.3 Å². The Labute approximate surface area is 177 Å². The summed E-state index contributed by atoms with van der Waals surface area (Å²) in [6.45, 7) is 5.82. The van der Waals surface area contributed by atoms with E-state index < -0.39 is 5.82 Å². The number of nitrogens with zero attached hydrogens (tertiary/aromatic N) is 5. The Morgan fingerprint density at radius 3 is 2.77 bits per heavy atom. The predicted octanol–water partition coefficient (Wildman–Crippen LogP) is 4.60. The molecule has 0 fully saturated rings. The van der Waals surface area contributed by atoms with Crippen LogP contribution in [0.5, 0.6) is 0 Å². The van der Waals surface area contributed by atoms with Gasteiger partial charge in [0.25, 0.3) is 5.91 Å². The molecule has 1 aromatic carbocycles. The van der Waals surface area contributed by atoms with Gasteiger partial charge in [-0.3, -0.25) is 4.79 Å². The van der Waals surface area contributed by atoms with E-state index in [1.165, 1.54) is 23.9 Å². The van der Waals surface area contributed by atoms with Crippen molar-refractivity contribution in [1.29, 1.82) is 0 Å². The third-order valence-electron chi connectivity index (χ3n) is 4.66. The van der Waals surface area contributed by atoms with Crippen molar-refractivity contribution in [2.75, 3.05) is 5.32 Å². The van der Waals surface area contributed by atoms with Crippen LogP contribution in [-0.4, -0.2) is 30.2 Å². The van der Waals surface area contributed by atoms with E-state index in [2.05, 4.69) is 20.4 Å². The molecule has 154 valence electrons. The molecule has 0 radical (unpaired) electrons. The topological polar surface area (TPSA) is 77.6 Å². The molecule has 0 aliphatic carbocycles. The van der Waals surface area contributed by atoms with Crippen molar-refractivity contribution in [2.24, 2.45) is 7.05 Å². The van der Waals surface area contributed by atoms with Crippen LogP contribution in [0.15, 0.2) is 52.9 Å². The maximum atomic E-state index is 13.9. The zero-order valence-electron chi connectivity index (χ0n) is 17.0. The number of anilines is 1. The minimum absolute atomic E-state index is 0.159. The minimum Gasteiger partial charge on any atom is -0.329 e. The van der Waals surface area contributed by atoms with Crippen LogP contribution in [0.2, 0.25) is 0 Å². The Morgan fingerprint density at radius 1 is 1.27 bits per heavy atom. The molecule has 0 unspecified atom stereocenters. The average Bonchev–Trinajstić information content (AvgIpc) is 3.29. The number of carbonyl (C=O) groups is 1. The standard InChI is InChI=1S/C21H21FN6OS/c1-12(2)28-19-14(11-24-28)9-16(13(3)25-19)20(29)26-17-10-15(22)5-6-18(17)30-21-23-7-8-27(21)4/h5-12H,1-4H3,(H,26,29). The van der Waals surface area contributed by atoms with Crippen LogP contribution in [0.25, 0.3) is 11.0 Å². The summed E-state index contributed by atoms with van der Waals surface area (Å²) >= 11 is 1.35. The van der Waals surface area contributed by atoms with Crippen LogP contribution in [-0.2, 0) is 7.05 Å². The number of hydrogen-bond donors (Lipinski definition) is 1. The fourth-order valence-corrected chi connectivity index (χ4v) is 3.97. The maximum Gasteiger partial charge on any atom is 0.257 e. The quantitative estimate of drug-likeness (QED) is 0.507. The lowest BCUT2D eigenvalue weighted by atomic mass is 10.1. The Bertz CT molecular complexity index is 1250. The van der Waals surface area contributed by atoms with Gasteiger partial charge in [0, 0.05) is 35.8 Å². The summed E-state index contributed by atoms with van der Waals surface area (Å²) in [4.78, 5) is 22.6. The Balaban J connectivity index is 1.66. The summed E-state index contributed by atoms with van der Waals surface area (Å²) in [5.41, 5.74) is 2.11. The summed E-state index contributed by atoms with van der Waals surface area (Å²) in [6.07, 6.45) is 5.21. The number of benzene rings is 1. The Hall–Kier alpha value is -3.20. The molecule has 0 aliphatic heterocycles. The SMILES string of the molecule is Cc1nc2c(cnn2C(C)C)cc1C(=O)Nc1cc(F)ccc1Sc1nccn1C. The van der Waals surface area contributed by atoms with Crippen LogP contribution in [0.4, 0.5) is 10.1 Å². The van der Waals surface area contributed by atoms with E-state index in [0.29, 0.717) is 21.8 Å². The van der Waals surface area contributed by atoms with Crippen molar-refractivity contribution in [3.8, 4) is 0 Å². The number of imidazole rings is 1. The molecule has 4 rings (SSSR count). The van der Waals surface area contributed by atoms with Gasteiger partial charge in [-0.05, 0) is 56.8 Å². The number of carbonyl (C=O) groups excluding carboxylic acids is 1. The largest absolute Gasteiger partial charge is 0.329 e. The second-order valence-electron chi connectivity index (χ2n) is 7.23. The van der Waals surface area contributed by atoms with E-state index in [4.69, 9.17) is 0 Å². The van der Waals surface area contributed by atoms with Gasteiger partial charge in [0.2, 0.25) is 0 Å². The van der Waals surface area contributed by atoms with Crippen LogP contribution < -0.4 is 5.32 Å². The molecule has 30 heavy (non-hydrogen) atoms. The smallest absolute Gasteiger partial charge is 0.257 e. The number of aryl methyl sites for hydroxylation is 2. The molecule has 0 atom stereocenters. The fraction of sp³-hybridized carbons (Fsp3) is 0.238. The van der Waals surface area contributed by atoms with Gasteiger partial charge in [0.15, 0.2) is 10.8 Å². The number of fused-ring (bicyclic) bond motifs is 1. The van der Waals surface area contributed by atoms with Crippen molar-refractivity contribution in [2.45, 2.75) is 36.9 Å². The van der Waals surface area contributed by atoms with Gasteiger partial charge in [-0.15, -0.1) is 0 Å². The van der Waals surface area contributed by atoms with Gasteiger partial charge >= 0.3 is 0 Å². The molecular weight excluding hydrogens is 403 g/mol. The van der Waals surface area contributed by atoms with Crippen molar-refractivity contribution in [3.63, 3.8) is 0 Å². The molecular formula is C21H21FN6OS. The average molecular weight is 425 g/mol. The van der Waals surface area contributed by atoms with Crippen molar-refractivity contribution < 1.29 is 9.18 Å². The van der Waals surface area contributed by atoms with E-state index >= 15 is 0 Å². The van der Waals surface area contributed by atoms with E-state index in [0.717, 1.165) is 16.2 Å². The van der Waals surface area contributed by atoms with E-state index in [9.17, 15) is 9.18 Å². The van der Waals surface area contributed by atoms with Gasteiger partial charge in [0.05, 0.1) is 23.1 Å². The molecule has 3 heterocycles. The molecule has 0 saturated carbocycles. The summed E-state index contributed by atoms with van der Waals surface area (Å²) in [5.74, 6) is -0.788. The van der Waals surface area contributed by atoms with Crippen LogP contribution in [0, 0.1) is 12.7 Å². The lowest BCUT2D eigenvalue weighted by Gasteiger charge is -2.13. The molecule has 0 spiro atoms. The summed E-state index contributed by atoms with van der Waals surface area (Å²) in [5, 5.41) is 8.70. The highest BCUT2D eigenvalue weighted by Crippen LogP contribution is 2.33. The van der Waals surface area contributed by atoms with E-state index in [1.54, 1.807) is 31.5 Å². The fourth-order valence-electron chi connectivity index (χ4n) is 3.10. The highest BCUT2D eigenvalue weighted by Gasteiger charge is 2.18. The lowest BCUT2D eigenvalue weighted by Crippen LogP contribution is -2.15. The summed E-state index contributed by atoms with van der Waals surface area (Å²) in [7, 11) is 1.87. The number of halogens is 1. The molecule has 1 amide bonds. The third-order valence-corrected chi connectivity index (χ3v) is 5.81. The van der Waals surface area contributed by atoms with Gasteiger partial charge in [-0.1, -0.05) is 0 Å². The summed E-state index contributed by atoms with van der Waals surface area (Å²) in [6, 6.07) is 6.23. The number of pyridine rings is 1. The zero-order chi connectivity index (χ0) is 21.4. The van der Waals surface area contributed by atoms with Gasteiger partial charge in [0.1, 0.15) is 5.82 Å². The van der Waals surface area contributed by atoms with E-state index in [-0.39, 0.29) is 11.9 Å². The molecule has 0 bridgehead atoms. The first-order valence-corrected chi connectivity index (χ1v) is 10.3. The monoisotopic (exact) mass is 424 g/mol. The third kappa shape index (κ3) is 3.80. The van der Waals surface area contributed by atoms with E-state index in [1.807, 2.05) is 36.3 Å². The van der Waals surface area contributed by atoms with Crippen LogP contribution in [0.1, 0.15) is 35.9 Å². The predicted molar refractivity (Wildman–Crippen MR) is 114 cm³/mol. The van der Waals surface area contributed by atoms with Crippen molar-refractivity contribution in [3.05, 3.63) is 59.9 Å². The molecule has 0 aliphatic rings. The number of nitrogens with one attached hydrogen (secondary N) is 1. The van der Waals surface area contributed by atoms with Crippen LogP contribution in [0.3, 0.4) is 0 Å². The molecule has 1 N–H and O–H groups in total. The van der Waals surface area contributed by atoms with Gasteiger partial charge in [-0.25, -0.2) is 19.0 Å². The Kier molecular flexibility index (Phi) is 5.29. The first-order valence-electron chi connectivity index (χ1n) is 9.44. The van der Waals surface area contributed by atoms with Crippen molar-refractivity contribution >= 4 is 34.4 Å². The number of rotatable bonds is 5. The first-order chi connectivity index (χ1) is 14.3. The molecule has 7 nitrogen and oxygen atoms in total. The Morgan fingerprint density at radius 2 is 2.07 bits per heavy atom. The first kappa shape index (κ1) is 20.1. The van der Waals surface area contributed by atoms with Gasteiger partial charge < -0.3 is 9.88 Å². The molecule has 9 heteroatoms. The van der Waals surface area contributed by atoms with Crippen LogP contribution >= 0.6 is 11.8 Å². The summed E-state index contributed by atoms with van der Waals surface area (Å²) < 4.78 is 17.6.